The Bertz CT molecular complexity index is 1550. The largest absolute Gasteiger partial charge is 0.444 e. The highest BCUT2D eigenvalue weighted by Crippen LogP contribution is 2.44. The number of carbonyl (C=O) groups is 3. The summed E-state index contributed by atoms with van der Waals surface area (Å²) in [6.45, 7) is 10.9. The van der Waals surface area contributed by atoms with Gasteiger partial charge in [-0.05, 0) is 128 Å². The first-order valence-electron chi connectivity index (χ1n) is 16.0. The van der Waals surface area contributed by atoms with Gasteiger partial charge in [-0.1, -0.05) is 0 Å². The first-order valence-corrected chi connectivity index (χ1v) is 18.4. The molecule has 15 nitrogen and oxygen atoms in total. The van der Waals surface area contributed by atoms with Crippen molar-refractivity contribution in [1.82, 2.24) is 35.5 Å². The zero-order valence-corrected chi connectivity index (χ0v) is 39.9. The predicted octanol–water partition coefficient (Wildman–Crippen LogP) is 7.59. The van der Waals surface area contributed by atoms with E-state index in [1.807, 2.05) is 34.9 Å². The molecule has 3 saturated carbocycles. The topological polar surface area (TPSA) is 224 Å². The van der Waals surface area contributed by atoms with Gasteiger partial charge in [0.15, 0.2) is 12.1 Å². The number of alkyl carbamates (subject to hydrolysis) is 2. The van der Waals surface area contributed by atoms with E-state index < -0.39 is 34.5 Å². The van der Waals surface area contributed by atoms with E-state index in [9.17, 15) is 14.4 Å². The molecule has 5 rings (SSSR count). The summed E-state index contributed by atoms with van der Waals surface area (Å²) in [6, 6.07) is 0. The lowest BCUT2D eigenvalue weighted by molar-refractivity contribution is -0.104. The van der Waals surface area contributed by atoms with E-state index in [1.165, 1.54) is 0 Å². The molecule has 2 aromatic rings. The van der Waals surface area contributed by atoms with Crippen LogP contribution in [0.4, 0.5) is 9.59 Å². The van der Waals surface area contributed by atoms with Crippen LogP contribution in [0.1, 0.15) is 91.7 Å². The maximum Gasteiger partial charge on any atom is 0.408 e. The number of hydrogen-bond donors (Lipinski definition) is 5. The fraction of sp³-hybridized carbons (Fsp3) is 0.576. The average molecular weight is 1050 g/mol. The summed E-state index contributed by atoms with van der Waals surface area (Å²) in [4.78, 5) is 51.5. The summed E-state index contributed by atoms with van der Waals surface area (Å²) in [5.41, 5.74) is 8.95. The number of ether oxygens (including phenoxy) is 2. The summed E-state index contributed by atoms with van der Waals surface area (Å²) < 4.78 is 12.6. The van der Waals surface area contributed by atoms with Crippen LogP contribution in [0, 0.1) is 5.41 Å². The van der Waals surface area contributed by atoms with Crippen LogP contribution in [0.2, 0.25) is 0 Å². The number of aromatic nitrogens is 4. The highest BCUT2D eigenvalue weighted by molar-refractivity contribution is 9.12. The van der Waals surface area contributed by atoms with E-state index >= 15 is 0 Å². The van der Waals surface area contributed by atoms with Crippen LogP contribution in [0.25, 0.3) is 0 Å². The average Bonchev–Trinajstić information content (AvgIpc) is 3.89. The lowest BCUT2D eigenvalue weighted by Crippen LogP contribution is -2.48. The van der Waals surface area contributed by atoms with Crippen LogP contribution in [0.3, 0.4) is 0 Å². The number of amidine groups is 1. The fourth-order valence-corrected chi connectivity index (χ4v) is 4.70. The van der Waals surface area contributed by atoms with Crippen LogP contribution >= 0.6 is 97.4 Å². The van der Waals surface area contributed by atoms with Crippen LogP contribution < -0.4 is 22.1 Å². The number of allylic oxidation sites excluding steroid dienone is 1. The molecular weight excluding hydrogens is 998 g/mol. The molecule has 0 bridgehead atoms. The Kier molecular flexibility index (Phi) is 25.0. The van der Waals surface area contributed by atoms with Crippen molar-refractivity contribution in [2.75, 3.05) is 14.1 Å². The molecule has 3 aliphatic rings. The van der Waals surface area contributed by atoms with Crippen molar-refractivity contribution in [3.63, 3.8) is 0 Å². The number of nitrogens with two attached hydrogens (primary N) is 2. The van der Waals surface area contributed by atoms with Gasteiger partial charge < -0.3 is 36.5 Å². The number of carbonyl (C=O) groups excluding carboxylic acids is 3. The van der Waals surface area contributed by atoms with Crippen molar-refractivity contribution in [2.45, 2.75) is 108 Å². The number of nitrogens with one attached hydrogen (secondary N) is 3. The van der Waals surface area contributed by atoms with E-state index in [4.69, 9.17) is 26.4 Å². The molecule has 314 valence electrons. The molecule has 0 aromatic carbocycles. The van der Waals surface area contributed by atoms with E-state index in [-0.39, 0.29) is 61.0 Å². The van der Waals surface area contributed by atoms with Crippen molar-refractivity contribution < 1.29 is 23.9 Å². The Morgan fingerprint density at radius 3 is 1.44 bits per heavy atom. The molecule has 2 amide bonds. The zero-order valence-electron chi connectivity index (χ0n) is 31.9. The molecule has 7 N–H and O–H groups in total. The Labute approximate surface area is 373 Å². The first-order chi connectivity index (χ1) is 23.4. The highest BCUT2D eigenvalue weighted by atomic mass is 79.9. The van der Waals surface area contributed by atoms with Crippen LogP contribution in [-0.2, 0) is 25.3 Å². The third-order valence-electron chi connectivity index (χ3n) is 6.89. The molecule has 0 saturated heterocycles. The fourth-order valence-electron chi connectivity index (χ4n) is 3.88. The minimum atomic E-state index is -0.623. The third kappa shape index (κ3) is 21.9. The summed E-state index contributed by atoms with van der Waals surface area (Å²) in [5, 5.41) is 12.8. The van der Waals surface area contributed by atoms with E-state index in [1.54, 1.807) is 56.7 Å². The van der Waals surface area contributed by atoms with Crippen molar-refractivity contribution in [3.05, 3.63) is 56.1 Å². The minimum Gasteiger partial charge on any atom is -0.444 e. The minimum absolute atomic E-state index is 0. The third-order valence-corrected chi connectivity index (χ3v) is 8.10. The Morgan fingerprint density at radius 1 is 0.782 bits per heavy atom. The van der Waals surface area contributed by atoms with Crippen molar-refractivity contribution in [2.24, 2.45) is 11.5 Å². The Balaban J connectivity index is -0.000000664. The predicted molar refractivity (Wildman–Crippen MR) is 234 cm³/mol. The Hall–Kier alpha value is -2.06. The summed E-state index contributed by atoms with van der Waals surface area (Å²) in [5.74, 6) is 1.40. The SMILES string of the molecule is CC(C)(C)OC(=O)NC1(C(=N)N)CC1.CC(C)(C)OC(=O)NC1(c2ncc(Br)cn2)CC1.CN(C)/C=C(\Br)C=O.Cl.Cl.Cl.Cl.NC1(c2ncc(Br)cn2)CC1. The molecular formula is C33H53Br3Cl4N10O5. The van der Waals surface area contributed by atoms with Gasteiger partial charge in [0, 0.05) is 45.1 Å². The van der Waals surface area contributed by atoms with Gasteiger partial charge >= 0.3 is 12.2 Å². The van der Waals surface area contributed by atoms with Gasteiger partial charge in [0.2, 0.25) is 0 Å². The van der Waals surface area contributed by atoms with E-state index in [0.717, 1.165) is 59.6 Å². The van der Waals surface area contributed by atoms with E-state index in [2.05, 4.69) is 78.4 Å². The van der Waals surface area contributed by atoms with Gasteiger partial charge in [0.1, 0.15) is 33.9 Å². The number of amides is 2. The number of hydrogen-bond acceptors (Lipinski definition) is 12. The molecule has 2 heterocycles. The lowest BCUT2D eigenvalue weighted by atomic mass is 10.2. The van der Waals surface area contributed by atoms with Gasteiger partial charge in [-0.2, -0.15) is 0 Å². The molecule has 0 aliphatic heterocycles. The van der Waals surface area contributed by atoms with Crippen molar-refractivity contribution >= 4 is 122 Å². The first kappa shape index (κ1) is 57.3. The van der Waals surface area contributed by atoms with Crippen molar-refractivity contribution in [1.29, 1.82) is 5.41 Å². The maximum absolute atomic E-state index is 11.8. The number of rotatable bonds is 7. The van der Waals surface area contributed by atoms with Crippen LogP contribution in [0.15, 0.2) is 44.4 Å². The molecule has 3 fully saturated rings. The summed E-state index contributed by atoms with van der Waals surface area (Å²) in [6.07, 6.45) is 13.5. The van der Waals surface area contributed by atoms with Crippen LogP contribution in [0.5, 0.6) is 0 Å². The van der Waals surface area contributed by atoms with Crippen LogP contribution in [-0.4, -0.2) is 80.0 Å². The highest BCUT2D eigenvalue weighted by Gasteiger charge is 2.50. The molecule has 0 spiro atoms. The number of nitrogens with zero attached hydrogens (tertiary/aromatic N) is 5. The number of halogens is 7. The molecule has 0 radical (unpaired) electrons. The number of aldehydes is 1. The molecule has 22 heteroatoms. The second-order valence-electron chi connectivity index (χ2n) is 14.5. The maximum atomic E-state index is 11.8. The second-order valence-corrected chi connectivity index (χ2v) is 17.3. The van der Waals surface area contributed by atoms with Gasteiger partial charge in [-0.3, -0.25) is 10.2 Å². The van der Waals surface area contributed by atoms with E-state index in [0.29, 0.717) is 10.3 Å². The smallest absolute Gasteiger partial charge is 0.408 e. The standard InChI is InChI=1S/C12H16BrN3O2.C9H17N3O2.C7H8BrN3.C5H8BrNO.4ClH/c1-11(2,3)18-10(17)16-12(4-5-12)9-14-6-8(13)7-15-9;1-8(2,3)14-7(13)12-9(4-5-9)6(10)11;8-5-3-10-6(11-4-5)7(9)1-2-7;1-7(2)3-5(6)4-8;;;;/h6-7H,4-5H2,1-3H3,(H,16,17);4-5H2,1-3H3,(H3,10,11)(H,12,13);3-4H,1-2,9H2;3-4H,1-2H3;4*1H/b;;;5-3-;;;;. The summed E-state index contributed by atoms with van der Waals surface area (Å²) in [7, 11) is 3.70. The Morgan fingerprint density at radius 2 is 1.16 bits per heavy atom. The molecule has 0 atom stereocenters. The molecule has 0 unspecified atom stereocenters. The van der Waals surface area contributed by atoms with Gasteiger partial charge in [0.25, 0.3) is 0 Å². The quantitative estimate of drug-likeness (QED) is 0.0783. The molecule has 3 aliphatic carbocycles. The molecule has 55 heavy (non-hydrogen) atoms. The molecule has 2 aromatic heterocycles. The van der Waals surface area contributed by atoms with Gasteiger partial charge in [0.05, 0.1) is 19.0 Å². The van der Waals surface area contributed by atoms with Gasteiger partial charge in [-0.25, -0.2) is 29.5 Å². The second kappa shape index (κ2) is 24.0. The normalized spacial score (nSPS) is 15.9. The zero-order chi connectivity index (χ0) is 38.8. The summed E-state index contributed by atoms with van der Waals surface area (Å²) >= 11 is 9.58. The van der Waals surface area contributed by atoms with Gasteiger partial charge in [-0.15, -0.1) is 49.6 Å². The monoisotopic (exact) mass is 1050 g/mol. The van der Waals surface area contributed by atoms with Crippen molar-refractivity contribution in [3.8, 4) is 0 Å². The lowest BCUT2D eigenvalue weighted by Gasteiger charge is -2.22.